The summed E-state index contributed by atoms with van der Waals surface area (Å²) in [6, 6.07) is 5.89. The molecule has 0 bridgehead atoms. The van der Waals surface area contributed by atoms with Crippen molar-refractivity contribution in [1.29, 1.82) is 0 Å². The van der Waals surface area contributed by atoms with Crippen LogP contribution in [0.25, 0.3) is 0 Å². The van der Waals surface area contributed by atoms with Crippen LogP contribution in [0.4, 0.5) is 0 Å². The highest BCUT2D eigenvalue weighted by atomic mass is 127. The number of furan rings is 1. The van der Waals surface area contributed by atoms with E-state index in [2.05, 4.69) is 28.7 Å². The van der Waals surface area contributed by atoms with E-state index in [-0.39, 0.29) is 0 Å². The third-order valence-electron chi connectivity index (χ3n) is 3.27. The fraction of sp³-hybridized carbons (Fsp3) is 0.286. The fourth-order valence-corrected chi connectivity index (χ4v) is 3.06. The van der Waals surface area contributed by atoms with Crippen LogP contribution in [-0.2, 0) is 6.42 Å². The first-order valence-corrected chi connectivity index (χ1v) is 6.92. The van der Waals surface area contributed by atoms with E-state index in [1.807, 2.05) is 13.0 Å². The van der Waals surface area contributed by atoms with Crippen molar-refractivity contribution in [1.82, 2.24) is 0 Å². The minimum atomic E-state index is -0.690. The first-order valence-electron chi connectivity index (χ1n) is 5.84. The predicted octanol–water partition coefficient (Wildman–Crippen LogP) is 3.21. The van der Waals surface area contributed by atoms with Crippen LogP contribution in [0.5, 0.6) is 5.75 Å². The van der Waals surface area contributed by atoms with Crippen molar-refractivity contribution in [3.8, 4) is 5.75 Å². The molecule has 1 aromatic heterocycles. The molecule has 4 heteroatoms. The molecule has 0 spiro atoms. The van der Waals surface area contributed by atoms with Crippen LogP contribution >= 0.6 is 22.6 Å². The number of halogens is 1. The number of ether oxygens (including phenoxy) is 1. The van der Waals surface area contributed by atoms with Crippen LogP contribution in [-0.4, -0.2) is 11.7 Å². The Morgan fingerprint density at radius 2 is 2.17 bits per heavy atom. The zero-order valence-electron chi connectivity index (χ0n) is 9.94. The van der Waals surface area contributed by atoms with Gasteiger partial charge in [-0.2, -0.15) is 0 Å². The summed E-state index contributed by atoms with van der Waals surface area (Å²) in [4.78, 5) is 0. The Labute approximate surface area is 119 Å². The number of fused-ring (bicyclic) bond motifs is 1. The van der Waals surface area contributed by atoms with E-state index in [1.54, 1.807) is 12.3 Å². The van der Waals surface area contributed by atoms with Crippen LogP contribution < -0.4 is 4.74 Å². The maximum atomic E-state index is 10.5. The Morgan fingerprint density at radius 3 is 2.89 bits per heavy atom. The van der Waals surface area contributed by atoms with E-state index >= 15 is 0 Å². The minimum absolute atomic E-state index is 0.690. The third-order valence-corrected chi connectivity index (χ3v) is 3.89. The van der Waals surface area contributed by atoms with Crippen molar-refractivity contribution >= 4 is 22.6 Å². The van der Waals surface area contributed by atoms with Crippen LogP contribution in [0, 0.1) is 10.5 Å². The summed E-state index contributed by atoms with van der Waals surface area (Å²) in [6.07, 6.45) is 1.82. The SMILES string of the molecule is Cc1occc1C(O)c1cc(I)cc2c1OCC2. The van der Waals surface area contributed by atoms with E-state index in [4.69, 9.17) is 9.15 Å². The van der Waals surface area contributed by atoms with Gasteiger partial charge in [0, 0.05) is 21.1 Å². The lowest BCUT2D eigenvalue weighted by Gasteiger charge is -2.14. The molecule has 0 saturated carbocycles. The summed E-state index contributed by atoms with van der Waals surface area (Å²) in [5.41, 5.74) is 2.81. The van der Waals surface area contributed by atoms with Crippen molar-refractivity contribution < 1.29 is 14.3 Å². The van der Waals surface area contributed by atoms with Gasteiger partial charge >= 0.3 is 0 Å². The molecular weight excluding hydrogens is 343 g/mol. The van der Waals surface area contributed by atoms with Gasteiger partial charge in [0.1, 0.15) is 17.6 Å². The monoisotopic (exact) mass is 356 g/mol. The molecule has 0 amide bonds. The Morgan fingerprint density at radius 1 is 1.33 bits per heavy atom. The molecule has 0 saturated heterocycles. The molecule has 1 unspecified atom stereocenters. The molecule has 1 aliphatic rings. The van der Waals surface area contributed by atoms with Gasteiger partial charge in [-0.15, -0.1) is 0 Å². The minimum Gasteiger partial charge on any atom is -0.493 e. The maximum absolute atomic E-state index is 10.5. The second-order valence-corrected chi connectivity index (χ2v) is 5.66. The molecule has 2 heterocycles. The number of benzene rings is 1. The van der Waals surface area contributed by atoms with Gasteiger partial charge in [-0.25, -0.2) is 0 Å². The first kappa shape index (κ1) is 12.0. The molecule has 0 fully saturated rings. The van der Waals surface area contributed by atoms with Gasteiger partial charge in [-0.05, 0) is 53.3 Å². The van der Waals surface area contributed by atoms with E-state index < -0.39 is 6.10 Å². The molecule has 18 heavy (non-hydrogen) atoms. The summed E-state index contributed by atoms with van der Waals surface area (Å²) in [6.45, 7) is 2.55. The summed E-state index contributed by atoms with van der Waals surface area (Å²) in [5, 5.41) is 10.5. The quantitative estimate of drug-likeness (QED) is 0.841. The number of rotatable bonds is 2. The van der Waals surface area contributed by atoms with Crippen molar-refractivity contribution in [3.05, 3.63) is 50.5 Å². The summed E-state index contributed by atoms with van der Waals surface area (Å²) in [7, 11) is 0. The molecule has 1 atom stereocenters. The maximum Gasteiger partial charge on any atom is 0.128 e. The highest BCUT2D eigenvalue weighted by molar-refractivity contribution is 14.1. The van der Waals surface area contributed by atoms with Gasteiger partial charge in [0.25, 0.3) is 0 Å². The van der Waals surface area contributed by atoms with E-state index in [9.17, 15) is 5.11 Å². The molecule has 94 valence electrons. The Bertz CT molecular complexity index is 589. The number of hydrogen-bond acceptors (Lipinski definition) is 3. The zero-order valence-corrected chi connectivity index (χ0v) is 12.1. The van der Waals surface area contributed by atoms with Crippen molar-refractivity contribution in [3.63, 3.8) is 0 Å². The molecule has 2 aromatic rings. The third kappa shape index (κ3) is 1.93. The lowest BCUT2D eigenvalue weighted by Crippen LogP contribution is -2.03. The van der Waals surface area contributed by atoms with Gasteiger partial charge in [-0.3, -0.25) is 0 Å². The summed E-state index contributed by atoms with van der Waals surface area (Å²) in [5.74, 6) is 1.58. The smallest absolute Gasteiger partial charge is 0.128 e. The van der Waals surface area contributed by atoms with Crippen LogP contribution in [0.1, 0.15) is 28.6 Å². The van der Waals surface area contributed by atoms with Gasteiger partial charge in [-0.1, -0.05) is 0 Å². The summed E-state index contributed by atoms with van der Waals surface area (Å²) >= 11 is 2.27. The Kier molecular flexibility index (Phi) is 3.07. The van der Waals surface area contributed by atoms with Gasteiger partial charge in [0.2, 0.25) is 0 Å². The highest BCUT2D eigenvalue weighted by Gasteiger charge is 2.24. The second kappa shape index (κ2) is 4.59. The molecule has 3 rings (SSSR count). The van der Waals surface area contributed by atoms with Crippen LogP contribution in [0.15, 0.2) is 28.9 Å². The van der Waals surface area contributed by atoms with Crippen molar-refractivity contribution in [2.75, 3.05) is 6.61 Å². The zero-order chi connectivity index (χ0) is 12.7. The molecule has 0 radical (unpaired) electrons. The normalized spacial score (nSPS) is 15.3. The largest absolute Gasteiger partial charge is 0.493 e. The topological polar surface area (TPSA) is 42.6 Å². The van der Waals surface area contributed by atoms with Gasteiger partial charge in [0.05, 0.1) is 12.9 Å². The molecule has 1 aliphatic heterocycles. The molecular formula is C14H13IO3. The highest BCUT2D eigenvalue weighted by Crippen LogP contribution is 2.38. The average molecular weight is 356 g/mol. The number of aliphatic hydroxyl groups excluding tert-OH is 1. The standard InChI is InChI=1S/C14H13IO3/c1-8-11(3-5-17-8)13(16)12-7-10(15)6-9-2-4-18-14(9)12/h3,5-7,13,16H,2,4H2,1H3. The van der Waals surface area contributed by atoms with E-state index in [0.717, 1.165) is 32.6 Å². The molecule has 1 aromatic carbocycles. The Hall–Kier alpha value is -1.01. The first-order chi connectivity index (χ1) is 8.66. The second-order valence-electron chi connectivity index (χ2n) is 4.42. The average Bonchev–Trinajstić information content (AvgIpc) is 2.95. The van der Waals surface area contributed by atoms with Crippen molar-refractivity contribution in [2.45, 2.75) is 19.4 Å². The van der Waals surface area contributed by atoms with E-state index in [1.165, 1.54) is 5.56 Å². The number of hydrogen-bond donors (Lipinski definition) is 1. The Balaban J connectivity index is 2.10. The van der Waals surface area contributed by atoms with Crippen LogP contribution in [0.2, 0.25) is 0 Å². The molecule has 1 N–H and O–H groups in total. The molecule has 3 nitrogen and oxygen atoms in total. The van der Waals surface area contributed by atoms with Crippen LogP contribution in [0.3, 0.4) is 0 Å². The lowest BCUT2D eigenvalue weighted by molar-refractivity contribution is 0.211. The van der Waals surface area contributed by atoms with Gasteiger partial charge < -0.3 is 14.3 Å². The van der Waals surface area contributed by atoms with Crippen molar-refractivity contribution in [2.24, 2.45) is 0 Å². The number of aliphatic hydroxyl groups is 1. The lowest BCUT2D eigenvalue weighted by atomic mass is 9.99. The molecule has 0 aliphatic carbocycles. The predicted molar refractivity (Wildman–Crippen MR) is 75.9 cm³/mol. The van der Waals surface area contributed by atoms with Gasteiger partial charge in [0.15, 0.2) is 0 Å². The summed E-state index contributed by atoms with van der Waals surface area (Å²) < 4.78 is 12.0. The number of aryl methyl sites for hydroxylation is 1. The van der Waals surface area contributed by atoms with E-state index in [0.29, 0.717) is 6.61 Å². The fourth-order valence-electron chi connectivity index (χ4n) is 2.35.